The van der Waals surface area contributed by atoms with Gasteiger partial charge in [-0.25, -0.2) is 9.78 Å². The Labute approximate surface area is 199 Å². The zero-order valence-electron chi connectivity index (χ0n) is 18.7. The summed E-state index contributed by atoms with van der Waals surface area (Å²) < 4.78 is 6.82. The molecule has 8 nitrogen and oxygen atoms in total. The average molecular weight is 487 g/mol. The molecule has 0 fully saturated rings. The van der Waals surface area contributed by atoms with Crippen LogP contribution in [0.4, 0.5) is 4.79 Å². The number of benzene rings is 1. The van der Waals surface area contributed by atoms with Crippen LogP contribution in [0.15, 0.2) is 34.2 Å². The van der Waals surface area contributed by atoms with E-state index in [2.05, 4.69) is 5.32 Å². The zero-order chi connectivity index (χ0) is 23.7. The summed E-state index contributed by atoms with van der Waals surface area (Å²) in [5.41, 5.74) is 6.75. The summed E-state index contributed by atoms with van der Waals surface area (Å²) in [5, 5.41) is 2.56. The SMILES string of the molecule is COc1ccc(-n2c(SC(C(=O)NC(N)=O)C(C)C)nc3sc4c(c3c2=O)CCCC4)cc1. The van der Waals surface area contributed by atoms with E-state index in [1.807, 2.05) is 13.8 Å². The van der Waals surface area contributed by atoms with Gasteiger partial charge in [0.1, 0.15) is 10.6 Å². The molecule has 1 aromatic carbocycles. The minimum absolute atomic E-state index is 0.136. The van der Waals surface area contributed by atoms with Gasteiger partial charge in [-0.3, -0.25) is 19.5 Å². The first kappa shape index (κ1) is 23.3. The molecule has 1 unspecified atom stereocenters. The van der Waals surface area contributed by atoms with Crippen molar-refractivity contribution >= 4 is 45.3 Å². The van der Waals surface area contributed by atoms with Crippen LogP contribution in [0.1, 0.15) is 37.1 Å². The van der Waals surface area contributed by atoms with Crippen LogP contribution >= 0.6 is 23.1 Å². The van der Waals surface area contributed by atoms with E-state index < -0.39 is 17.2 Å². The zero-order valence-corrected chi connectivity index (χ0v) is 20.3. The van der Waals surface area contributed by atoms with Gasteiger partial charge in [0.05, 0.1) is 23.4 Å². The van der Waals surface area contributed by atoms with Crippen LogP contribution < -0.4 is 21.3 Å². The van der Waals surface area contributed by atoms with Crippen molar-refractivity contribution in [3.8, 4) is 11.4 Å². The van der Waals surface area contributed by atoms with Gasteiger partial charge in [-0.05, 0) is 61.4 Å². The Morgan fingerprint density at radius 2 is 1.91 bits per heavy atom. The number of carbonyl (C=O) groups excluding carboxylic acids is 2. The number of methoxy groups -OCH3 is 1. The van der Waals surface area contributed by atoms with E-state index in [1.54, 1.807) is 47.3 Å². The van der Waals surface area contributed by atoms with E-state index >= 15 is 0 Å². The fraction of sp³-hybridized carbons (Fsp3) is 0.391. The van der Waals surface area contributed by atoms with Crippen LogP contribution in [-0.4, -0.2) is 33.8 Å². The smallest absolute Gasteiger partial charge is 0.318 e. The predicted octanol–water partition coefficient (Wildman–Crippen LogP) is 3.65. The molecule has 174 valence electrons. The van der Waals surface area contributed by atoms with Gasteiger partial charge in [0, 0.05) is 4.88 Å². The van der Waals surface area contributed by atoms with Crippen molar-refractivity contribution in [1.82, 2.24) is 14.9 Å². The minimum Gasteiger partial charge on any atom is -0.497 e. The number of aryl methyl sites for hydroxylation is 2. The third-order valence-electron chi connectivity index (χ3n) is 5.63. The Morgan fingerprint density at radius 3 is 2.55 bits per heavy atom. The molecule has 2 aromatic heterocycles. The van der Waals surface area contributed by atoms with Crippen LogP contribution in [0.3, 0.4) is 0 Å². The fourth-order valence-electron chi connectivity index (χ4n) is 4.02. The summed E-state index contributed by atoms with van der Waals surface area (Å²) in [6.07, 6.45) is 3.99. The maximum atomic E-state index is 13.8. The molecule has 1 aliphatic carbocycles. The number of fused-ring (bicyclic) bond motifs is 3. The molecule has 0 radical (unpaired) electrons. The van der Waals surface area contributed by atoms with Crippen molar-refractivity contribution < 1.29 is 14.3 Å². The molecule has 4 rings (SSSR count). The lowest BCUT2D eigenvalue weighted by Crippen LogP contribution is -2.42. The number of thiophene rings is 1. The standard InChI is InChI=1S/C23H26N4O4S2/c1-12(2)18(19(28)25-22(24)30)33-23-26-20-17(15-6-4-5-7-16(15)32-20)21(29)27(23)13-8-10-14(31-3)11-9-13/h8-12,18H,4-7H2,1-3H3,(H3,24,25,28,30). The molecule has 1 atom stereocenters. The Hall–Kier alpha value is -2.85. The lowest BCUT2D eigenvalue weighted by atomic mass is 9.97. The number of primary amides is 1. The van der Waals surface area contributed by atoms with Gasteiger partial charge < -0.3 is 10.5 Å². The van der Waals surface area contributed by atoms with E-state index in [9.17, 15) is 14.4 Å². The number of ether oxygens (including phenoxy) is 1. The second kappa shape index (κ2) is 9.56. The summed E-state index contributed by atoms with van der Waals surface area (Å²) >= 11 is 2.72. The van der Waals surface area contributed by atoms with Gasteiger partial charge in [0.2, 0.25) is 5.91 Å². The number of hydrogen-bond donors (Lipinski definition) is 2. The van der Waals surface area contributed by atoms with Crippen LogP contribution in [0, 0.1) is 5.92 Å². The number of hydrogen-bond acceptors (Lipinski definition) is 7. The Kier molecular flexibility index (Phi) is 6.76. The molecule has 1 aliphatic rings. The predicted molar refractivity (Wildman–Crippen MR) is 131 cm³/mol. The molecular weight excluding hydrogens is 460 g/mol. The second-order valence-corrected chi connectivity index (χ2v) is 10.5. The summed E-state index contributed by atoms with van der Waals surface area (Å²) in [4.78, 5) is 44.6. The highest BCUT2D eigenvalue weighted by Crippen LogP contribution is 2.36. The van der Waals surface area contributed by atoms with E-state index in [4.69, 9.17) is 15.5 Å². The normalized spacial score (nSPS) is 14.2. The van der Waals surface area contributed by atoms with Crippen molar-refractivity contribution in [2.75, 3.05) is 7.11 Å². The van der Waals surface area contributed by atoms with Crippen molar-refractivity contribution in [2.45, 2.75) is 49.9 Å². The van der Waals surface area contributed by atoms with E-state index in [0.717, 1.165) is 43.0 Å². The van der Waals surface area contributed by atoms with Gasteiger partial charge in [-0.1, -0.05) is 25.6 Å². The van der Waals surface area contributed by atoms with Gasteiger partial charge in [0.25, 0.3) is 5.56 Å². The number of aromatic nitrogens is 2. The highest BCUT2D eigenvalue weighted by atomic mass is 32.2. The number of nitrogens with zero attached hydrogens (tertiary/aromatic N) is 2. The largest absolute Gasteiger partial charge is 0.497 e. The third-order valence-corrected chi connectivity index (χ3v) is 8.31. The molecule has 0 aliphatic heterocycles. The van der Waals surface area contributed by atoms with Crippen LogP contribution in [-0.2, 0) is 17.6 Å². The molecule has 33 heavy (non-hydrogen) atoms. The molecule has 3 aromatic rings. The first-order valence-corrected chi connectivity index (χ1v) is 12.5. The Balaban J connectivity index is 1.90. The first-order chi connectivity index (χ1) is 15.8. The highest BCUT2D eigenvalue weighted by molar-refractivity contribution is 8.00. The van der Waals surface area contributed by atoms with Gasteiger partial charge in [0.15, 0.2) is 5.16 Å². The fourth-order valence-corrected chi connectivity index (χ4v) is 6.44. The number of rotatable bonds is 6. The minimum atomic E-state index is -0.909. The number of imide groups is 1. The molecule has 10 heteroatoms. The maximum absolute atomic E-state index is 13.8. The summed E-state index contributed by atoms with van der Waals surface area (Å²) in [6, 6.07) is 6.25. The van der Waals surface area contributed by atoms with E-state index in [1.165, 1.54) is 4.88 Å². The third kappa shape index (κ3) is 4.63. The summed E-state index contributed by atoms with van der Waals surface area (Å²) in [5.74, 6) is 0.0234. The lowest BCUT2D eigenvalue weighted by Gasteiger charge is -2.20. The average Bonchev–Trinajstić information content (AvgIpc) is 3.15. The summed E-state index contributed by atoms with van der Waals surface area (Å²) in [7, 11) is 1.58. The van der Waals surface area contributed by atoms with Gasteiger partial charge in [-0.15, -0.1) is 11.3 Å². The quantitative estimate of drug-likeness (QED) is 0.406. The molecule has 3 amide bonds. The number of nitrogens with two attached hydrogens (primary N) is 1. The lowest BCUT2D eigenvalue weighted by molar-refractivity contribution is -0.120. The number of carbonyl (C=O) groups is 2. The highest BCUT2D eigenvalue weighted by Gasteiger charge is 2.29. The van der Waals surface area contributed by atoms with Gasteiger partial charge in [-0.2, -0.15) is 0 Å². The van der Waals surface area contributed by atoms with Crippen molar-refractivity contribution in [1.29, 1.82) is 0 Å². The Morgan fingerprint density at radius 1 is 1.21 bits per heavy atom. The molecule has 0 saturated heterocycles. The van der Waals surface area contributed by atoms with Crippen LogP contribution in [0.2, 0.25) is 0 Å². The molecule has 0 saturated carbocycles. The number of nitrogens with one attached hydrogen (secondary N) is 1. The second-order valence-electron chi connectivity index (χ2n) is 8.26. The number of urea groups is 1. The van der Waals surface area contributed by atoms with E-state index in [0.29, 0.717) is 26.8 Å². The number of amides is 3. The van der Waals surface area contributed by atoms with Gasteiger partial charge >= 0.3 is 6.03 Å². The van der Waals surface area contributed by atoms with Crippen molar-refractivity contribution in [3.05, 3.63) is 45.1 Å². The molecule has 3 N–H and O–H groups in total. The monoisotopic (exact) mass is 486 g/mol. The maximum Gasteiger partial charge on any atom is 0.318 e. The van der Waals surface area contributed by atoms with Crippen molar-refractivity contribution in [2.24, 2.45) is 11.7 Å². The van der Waals surface area contributed by atoms with E-state index in [-0.39, 0.29) is 11.5 Å². The molecular formula is C23H26N4O4S2. The number of thioether (sulfide) groups is 1. The van der Waals surface area contributed by atoms with Crippen LogP contribution in [0.5, 0.6) is 5.75 Å². The molecule has 2 heterocycles. The Bertz CT molecular complexity index is 1260. The van der Waals surface area contributed by atoms with Crippen LogP contribution in [0.25, 0.3) is 15.9 Å². The molecule has 0 bridgehead atoms. The topological polar surface area (TPSA) is 116 Å². The summed E-state index contributed by atoms with van der Waals surface area (Å²) in [6.45, 7) is 3.74. The van der Waals surface area contributed by atoms with Crippen molar-refractivity contribution in [3.63, 3.8) is 0 Å². The first-order valence-electron chi connectivity index (χ1n) is 10.8. The molecule has 0 spiro atoms.